The van der Waals surface area contributed by atoms with Crippen molar-refractivity contribution in [3.05, 3.63) is 8.66 Å². The van der Waals surface area contributed by atoms with E-state index in [0.29, 0.717) is 33.3 Å². The zero-order valence-corrected chi connectivity index (χ0v) is 22.3. The molecule has 180 valence electrons. The number of hydrogen-bond donors (Lipinski definition) is 1. The summed E-state index contributed by atoms with van der Waals surface area (Å²) in [5.74, 6) is -0.221. The van der Waals surface area contributed by atoms with Crippen LogP contribution in [-0.4, -0.2) is 59.8 Å². The maximum Gasteiger partial charge on any atom is 0.350 e. The molecule has 0 amide bonds. The van der Waals surface area contributed by atoms with Gasteiger partial charge in [-0.1, -0.05) is 6.42 Å². The van der Waals surface area contributed by atoms with E-state index in [9.17, 15) is 13.8 Å². The molecule has 3 atom stereocenters. The Balaban J connectivity index is 2.09. The molecule has 1 saturated carbocycles. The molecule has 0 bridgehead atoms. The molecule has 0 saturated heterocycles. The standard InChI is InChI=1S/C21H31BrN2O6S2/c1-6-29-19(25)14(13(12-8-7-9-12)23-32(27)21(2,3)4)24-10-11-30-16-15(24)17(20(26)28-5)31-18(16)22/h12-14,23H,6-11H2,1-5H3/t13-,14+,32?/m0/s1. The van der Waals surface area contributed by atoms with Crippen molar-refractivity contribution in [3.63, 3.8) is 0 Å². The average molecular weight is 552 g/mol. The van der Waals surface area contributed by atoms with Crippen LogP contribution < -0.4 is 14.4 Å². The maximum atomic E-state index is 13.4. The van der Waals surface area contributed by atoms with E-state index in [1.54, 1.807) is 6.92 Å². The molecular formula is C21H31BrN2O6S2. The third kappa shape index (κ3) is 5.15. The van der Waals surface area contributed by atoms with Gasteiger partial charge in [-0.25, -0.2) is 18.5 Å². The minimum Gasteiger partial charge on any atom is -0.487 e. The van der Waals surface area contributed by atoms with Crippen LogP contribution >= 0.6 is 27.3 Å². The minimum atomic E-state index is -1.38. The lowest BCUT2D eigenvalue weighted by Crippen LogP contribution is -2.62. The second kappa shape index (κ2) is 10.4. The van der Waals surface area contributed by atoms with Crippen molar-refractivity contribution in [1.82, 2.24) is 4.72 Å². The van der Waals surface area contributed by atoms with Gasteiger partial charge in [-0.3, -0.25) is 0 Å². The van der Waals surface area contributed by atoms with Crippen molar-refractivity contribution in [3.8, 4) is 5.75 Å². The maximum absolute atomic E-state index is 13.4. The molecule has 8 nitrogen and oxygen atoms in total. The second-order valence-corrected chi connectivity index (χ2v) is 13.2. The van der Waals surface area contributed by atoms with Crippen LogP contribution in [0.25, 0.3) is 0 Å². The lowest BCUT2D eigenvalue weighted by atomic mass is 9.77. The molecule has 1 unspecified atom stereocenters. The Bertz CT molecular complexity index is 880. The SMILES string of the molecule is CCOC(=O)[C@@H]([C@@H](NS(=O)C(C)(C)C)C1CCC1)N1CCOc2c(Br)sc(C(=O)OC)c21. The fraction of sp³-hybridized carbons (Fsp3) is 0.714. The first-order valence-electron chi connectivity index (χ1n) is 10.7. The smallest absolute Gasteiger partial charge is 0.350 e. The summed E-state index contributed by atoms with van der Waals surface area (Å²) in [4.78, 5) is 28.1. The zero-order chi connectivity index (χ0) is 23.6. The number of anilines is 1. The van der Waals surface area contributed by atoms with Crippen LogP contribution in [0.15, 0.2) is 3.79 Å². The zero-order valence-electron chi connectivity index (χ0n) is 19.1. The molecule has 0 aromatic carbocycles. The minimum absolute atomic E-state index is 0.172. The molecule has 2 heterocycles. The fourth-order valence-electron chi connectivity index (χ4n) is 3.85. The number of thiophene rings is 1. The van der Waals surface area contributed by atoms with Gasteiger partial charge in [-0.2, -0.15) is 0 Å². The molecule has 1 fully saturated rings. The number of hydrogen-bond acceptors (Lipinski definition) is 8. The summed E-state index contributed by atoms with van der Waals surface area (Å²) >= 11 is 4.69. The van der Waals surface area contributed by atoms with Crippen molar-refractivity contribution in [1.29, 1.82) is 0 Å². The highest BCUT2D eigenvalue weighted by Gasteiger charge is 2.46. The van der Waals surface area contributed by atoms with E-state index in [-0.39, 0.29) is 12.5 Å². The summed E-state index contributed by atoms with van der Waals surface area (Å²) in [5.41, 5.74) is 0.519. The Kier molecular flexibility index (Phi) is 8.27. The number of rotatable bonds is 8. The molecule has 3 rings (SSSR count). The normalized spacial score (nSPS) is 19.2. The number of carbonyl (C=O) groups is 2. The number of nitrogens with one attached hydrogen (secondary N) is 1. The van der Waals surface area contributed by atoms with E-state index in [0.717, 1.165) is 19.3 Å². The largest absolute Gasteiger partial charge is 0.487 e. The second-order valence-electron chi connectivity index (χ2n) is 8.83. The third-order valence-electron chi connectivity index (χ3n) is 5.70. The number of ether oxygens (including phenoxy) is 3. The van der Waals surface area contributed by atoms with Gasteiger partial charge in [0.1, 0.15) is 27.0 Å². The monoisotopic (exact) mass is 550 g/mol. The first-order chi connectivity index (χ1) is 15.1. The number of carbonyl (C=O) groups excluding carboxylic acids is 2. The lowest BCUT2D eigenvalue weighted by Gasteiger charge is -2.44. The van der Waals surface area contributed by atoms with Gasteiger partial charge in [0, 0.05) is 0 Å². The molecule has 1 aliphatic heterocycles. The van der Waals surface area contributed by atoms with Crippen LogP contribution in [0.5, 0.6) is 5.75 Å². The molecule has 1 aliphatic carbocycles. The van der Waals surface area contributed by atoms with E-state index in [4.69, 9.17) is 14.2 Å². The summed E-state index contributed by atoms with van der Waals surface area (Å²) in [6.45, 7) is 8.40. The summed E-state index contributed by atoms with van der Waals surface area (Å²) in [7, 11) is -0.0597. The lowest BCUT2D eigenvalue weighted by molar-refractivity contribution is -0.146. The number of fused-ring (bicyclic) bond motifs is 1. The van der Waals surface area contributed by atoms with Crippen molar-refractivity contribution >= 4 is 55.9 Å². The van der Waals surface area contributed by atoms with E-state index in [1.165, 1.54) is 18.4 Å². The van der Waals surface area contributed by atoms with Crippen LogP contribution in [0, 0.1) is 5.92 Å². The van der Waals surface area contributed by atoms with Crippen LogP contribution in [-0.2, 0) is 25.3 Å². The Hall–Kier alpha value is -1.17. The topological polar surface area (TPSA) is 94.2 Å². The van der Waals surface area contributed by atoms with Gasteiger partial charge in [0.2, 0.25) is 0 Å². The summed E-state index contributed by atoms with van der Waals surface area (Å²) in [6.07, 6.45) is 2.93. The first kappa shape index (κ1) is 25.5. The van der Waals surface area contributed by atoms with Crippen LogP contribution in [0.2, 0.25) is 0 Å². The fourth-order valence-corrected chi connectivity index (χ4v) is 6.46. The Labute approximate surface area is 204 Å². The van der Waals surface area contributed by atoms with Crippen LogP contribution in [0.3, 0.4) is 0 Å². The van der Waals surface area contributed by atoms with Gasteiger partial charge in [-0.15, -0.1) is 11.3 Å². The van der Waals surface area contributed by atoms with Crippen molar-refractivity contribution in [2.75, 3.05) is 31.8 Å². The summed E-state index contributed by atoms with van der Waals surface area (Å²) in [6, 6.07) is -1.17. The van der Waals surface area contributed by atoms with Crippen molar-refractivity contribution < 1.29 is 28.0 Å². The van der Waals surface area contributed by atoms with Crippen molar-refractivity contribution in [2.45, 2.75) is 63.8 Å². The van der Waals surface area contributed by atoms with Crippen molar-refractivity contribution in [2.24, 2.45) is 5.92 Å². The highest BCUT2D eigenvalue weighted by molar-refractivity contribution is 9.11. The summed E-state index contributed by atoms with van der Waals surface area (Å²) < 4.78 is 32.8. The highest BCUT2D eigenvalue weighted by Crippen LogP contribution is 2.49. The molecule has 0 spiro atoms. The Morgan fingerprint density at radius 1 is 1.38 bits per heavy atom. The molecule has 2 aliphatic rings. The average Bonchev–Trinajstić information content (AvgIpc) is 3.03. The molecule has 11 heteroatoms. The third-order valence-corrected chi connectivity index (χ3v) is 9.07. The van der Waals surface area contributed by atoms with Crippen LogP contribution in [0.4, 0.5) is 5.69 Å². The van der Waals surface area contributed by atoms with Gasteiger partial charge in [0.25, 0.3) is 0 Å². The van der Waals surface area contributed by atoms with Gasteiger partial charge in [0.15, 0.2) is 5.75 Å². The van der Waals surface area contributed by atoms with Gasteiger partial charge >= 0.3 is 11.9 Å². The molecule has 1 N–H and O–H groups in total. The van der Waals surface area contributed by atoms with E-state index < -0.39 is 39.8 Å². The van der Waals surface area contributed by atoms with Gasteiger partial charge in [-0.05, 0) is 62.4 Å². The number of nitrogens with zero attached hydrogens (tertiary/aromatic N) is 1. The Morgan fingerprint density at radius 3 is 2.59 bits per heavy atom. The first-order valence-corrected chi connectivity index (χ1v) is 13.5. The number of halogens is 1. The Morgan fingerprint density at radius 2 is 2.06 bits per heavy atom. The van der Waals surface area contributed by atoms with Crippen LogP contribution in [0.1, 0.15) is 56.6 Å². The van der Waals surface area contributed by atoms with E-state index >= 15 is 0 Å². The highest BCUT2D eigenvalue weighted by atomic mass is 79.9. The molecular weight excluding hydrogens is 520 g/mol. The molecule has 1 aromatic rings. The predicted molar refractivity (Wildman–Crippen MR) is 129 cm³/mol. The number of methoxy groups -OCH3 is 1. The number of esters is 2. The quantitative estimate of drug-likeness (QED) is 0.493. The summed E-state index contributed by atoms with van der Waals surface area (Å²) in [5, 5.41) is 0. The van der Waals surface area contributed by atoms with Gasteiger partial charge in [0.05, 0.1) is 42.0 Å². The molecule has 32 heavy (non-hydrogen) atoms. The molecule has 0 radical (unpaired) electrons. The van der Waals surface area contributed by atoms with E-state index in [2.05, 4.69) is 20.7 Å². The van der Waals surface area contributed by atoms with E-state index in [1.807, 2.05) is 25.7 Å². The van der Waals surface area contributed by atoms with Gasteiger partial charge < -0.3 is 19.1 Å². The molecule has 1 aromatic heterocycles. The predicted octanol–water partition coefficient (Wildman–Crippen LogP) is 3.65.